The van der Waals surface area contributed by atoms with Crippen molar-refractivity contribution in [2.24, 2.45) is 0 Å². The molecule has 198 valence electrons. The number of nitrogens with one attached hydrogen (secondary N) is 1. The third-order valence-electron chi connectivity index (χ3n) is 5.60. The van der Waals surface area contributed by atoms with E-state index >= 15 is 0 Å². The number of rotatable bonds is 14. The highest BCUT2D eigenvalue weighted by atomic mass is 32.2. The molecule has 0 aliphatic carbocycles. The van der Waals surface area contributed by atoms with Crippen LogP contribution in [0.1, 0.15) is 45.6 Å². The van der Waals surface area contributed by atoms with Gasteiger partial charge in [-0.2, -0.15) is 0 Å². The third kappa shape index (κ3) is 8.22. The van der Waals surface area contributed by atoms with E-state index in [9.17, 15) is 22.4 Å². The first kappa shape index (κ1) is 29.1. The van der Waals surface area contributed by atoms with Crippen LogP contribution < -0.4 is 14.4 Å². The Labute approximate surface area is 213 Å². The molecule has 0 aliphatic heterocycles. The third-order valence-corrected chi connectivity index (χ3v) is 6.78. The molecule has 0 bridgehead atoms. The summed E-state index contributed by atoms with van der Waals surface area (Å²) in [5.41, 5.74) is 0.689. The number of sulfonamides is 1. The first-order valence-corrected chi connectivity index (χ1v) is 13.9. The van der Waals surface area contributed by atoms with Gasteiger partial charge in [-0.05, 0) is 44.9 Å². The number of para-hydroxylation sites is 2. The Kier molecular flexibility index (Phi) is 11.2. The van der Waals surface area contributed by atoms with Crippen LogP contribution in [0, 0.1) is 5.82 Å². The molecule has 1 atom stereocenters. The molecule has 0 spiro atoms. The quantitative estimate of drug-likeness (QED) is 0.409. The number of carbonyl (C=O) groups excluding carboxylic acids is 2. The van der Waals surface area contributed by atoms with E-state index in [1.165, 1.54) is 15.3 Å². The van der Waals surface area contributed by atoms with Crippen molar-refractivity contribution in [1.82, 2.24) is 10.2 Å². The summed E-state index contributed by atoms with van der Waals surface area (Å²) in [6.45, 7) is 6.13. The molecule has 0 aromatic heterocycles. The Balaban J connectivity index is 2.20. The highest BCUT2D eigenvalue weighted by Gasteiger charge is 2.27. The predicted molar refractivity (Wildman–Crippen MR) is 139 cm³/mol. The van der Waals surface area contributed by atoms with Crippen molar-refractivity contribution in [1.29, 1.82) is 0 Å². The molecule has 2 rings (SSSR count). The lowest BCUT2D eigenvalue weighted by molar-refractivity contribution is -0.140. The van der Waals surface area contributed by atoms with Gasteiger partial charge < -0.3 is 15.0 Å². The SMILES string of the molecule is CCCNC(=O)[C@@H](C)N(Cc1ccccc1F)C(=O)CCCN(c1ccccc1OCC)S(C)(=O)=O. The fourth-order valence-electron chi connectivity index (χ4n) is 3.71. The molecule has 36 heavy (non-hydrogen) atoms. The molecule has 10 heteroatoms. The van der Waals surface area contributed by atoms with Crippen LogP contribution in [-0.2, 0) is 26.2 Å². The van der Waals surface area contributed by atoms with Crippen LogP contribution in [0.3, 0.4) is 0 Å². The van der Waals surface area contributed by atoms with Crippen LogP contribution in [0.4, 0.5) is 10.1 Å². The summed E-state index contributed by atoms with van der Waals surface area (Å²) in [7, 11) is -3.66. The van der Waals surface area contributed by atoms with Crippen LogP contribution in [-0.4, -0.2) is 57.1 Å². The van der Waals surface area contributed by atoms with Crippen LogP contribution in [0.5, 0.6) is 5.75 Å². The Morgan fingerprint density at radius 1 is 1.08 bits per heavy atom. The Hall–Kier alpha value is -3.14. The minimum Gasteiger partial charge on any atom is -0.492 e. The monoisotopic (exact) mass is 521 g/mol. The molecular formula is C26H36FN3O5S. The van der Waals surface area contributed by atoms with Crippen molar-refractivity contribution in [3.63, 3.8) is 0 Å². The molecule has 2 aromatic rings. The summed E-state index contributed by atoms with van der Waals surface area (Å²) in [6.07, 6.45) is 2.01. The minimum absolute atomic E-state index is 0.0251. The molecule has 0 aliphatic rings. The van der Waals surface area contributed by atoms with E-state index in [4.69, 9.17) is 4.74 Å². The molecular weight excluding hydrogens is 485 g/mol. The first-order chi connectivity index (χ1) is 17.1. The van der Waals surface area contributed by atoms with Gasteiger partial charge in [-0.1, -0.05) is 37.3 Å². The number of carbonyl (C=O) groups is 2. The first-order valence-electron chi connectivity index (χ1n) is 12.1. The number of amides is 2. The molecule has 2 aromatic carbocycles. The number of hydrogen-bond acceptors (Lipinski definition) is 5. The maximum Gasteiger partial charge on any atom is 0.242 e. The minimum atomic E-state index is -3.66. The van der Waals surface area contributed by atoms with Crippen molar-refractivity contribution in [3.05, 3.63) is 59.9 Å². The van der Waals surface area contributed by atoms with Gasteiger partial charge in [-0.25, -0.2) is 12.8 Å². The van der Waals surface area contributed by atoms with Gasteiger partial charge in [0.15, 0.2) is 0 Å². The number of anilines is 1. The maximum atomic E-state index is 14.3. The molecule has 0 saturated heterocycles. The average Bonchev–Trinajstić information content (AvgIpc) is 2.84. The summed E-state index contributed by atoms with van der Waals surface area (Å²) in [6, 6.07) is 12.1. The lowest BCUT2D eigenvalue weighted by Crippen LogP contribution is -2.48. The molecule has 0 unspecified atom stereocenters. The van der Waals surface area contributed by atoms with Crippen molar-refractivity contribution < 1.29 is 27.1 Å². The molecule has 2 amide bonds. The molecule has 0 radical (unpaired) electrons. The van der Waals surface area contributed by atoms with Gasteiger partial charge in [0.1, 0.15) is 17.6 Å². The van der Waals surface area contributed by atoms with E-state index in [0.717, 1.165) is 12.7 Å². The lowest BCUT2D eigenvalue weighted by Gasteiger charge is -2.29. The summed E-state index contributed by atoms with van der Waals surface area (Å²) in [5.74, 6) is -0.736. The molecule has 1 N–H and O–H groups in total. The second kappa shape index (κ2) is 13.8. The Morgan fingerprint density at radius 2 is 1.75 bits per heavy atom. The van der Waals surface area contributed by atoms with E-state index in [1.807, 2.05) is 13.8 Å². The zero-order chi connectivity index (χ0) is 26.7. The lowest BCUT2D eigenvalue weighted by atomic mass is 10.1. The topological polar surface area (TPSA) is 96.0 Å². The number of benzene rings is 2. The van der Waals surface area contributed by atoms with Gasteiger partial charge in [0, 0.05) is 31.6 Å². The normalized spacial score (nSPS) is 12.0. The van der Waals surface area contributed by atoms with E-state index < -0.39 is 21.9 Å². The van der Waals surface area contributed by atoms with Crippen LogP contribution in [0.2, 0.25) is 0 Å². The molecule has 0 fully saturated rings. The van der Waals surface area contributed by atoms with Crippen LogP contribution in [0.15, 0.2) is 48.5 Å². The van der Waals surface area contributed by atoms with Crippen molar-refractivity contribution in [3.8, 4) is 5.75 Å². The Morgan fingerprint density at radius 3 is 2.39 bits per heavy atom. The van der Waals surface area contributed by atoms with Gasteiger partial charge >= 0.3 is 0 Å². The molecule has 0 heterocycles. The standard InChI is InChI=1S/C26H36FN3O5S/c1-5-17-28-26(32)20(3)29(19-21-12-7-8-13-22(21)27)25(31)16-11-18-30(36(4,33)34)23-14-9-10-15-24(23)35-6-2/h7-10,12-15,20H,5-6,11,16-19H2,1-4H3,(H,28,32)/t20-/m1/s1. The van der Waals surface area contributed by atoms with E-state index in [-0.39, 0.29) is 37.7 Å². The van der Waals surface area contributed by atoms with Crippen molar-refractivity contribution >= 4 is 27.5 Å². The predicted octanol–water partition coefficient (Wildman–Crippen LogP) is 3.71. The molecule has 8 nitrogen and oxygen atoms in total. The van der Waals surface area contributed by atoms with Crippen LogP contribution >= 0.6 is 0 Å². The summed E-state index contributed by atoms with van der Waals surface area (Å²) in [4.78, 5) is 27.2. The number of halogens is 1. The number of nitrogens with zero attached hydrogens (tertiary/aromatic N) is 2. The van der Waals surface area contributed by atoms with E-state index in [1.54, 1.807) is 49.4 Å². The summed E-state index contributed by atoms with van der Waals surface area (Å²) < 4.78 is 46.2. The zero-order valence-corrected chi connectivity index (χ0v) is 22.2. The fourth-order valence-corrected chi connectivity index (χ4v) is 4.68. The smallest absolute Gasteiger partial charge is 0.242 e. The largest absolute Gasteiger partial charge is 0.492 e. The second-order valence-electron chi connectivity index (χ2n) is 8.42. The van der Waals surface area contributed by atoms with E-state index in [0.29, 0.717) is 30.2 Å². The fraction of sp³-hybridized carbons (Fsp3) is 0.462. The highest BCUT2D eigenvalue weighted by Crippen LogP contribution is 2.30. The summed E-state index contributed by atoms with van der Waals surface area (Å²) in [5, 5.41) is 2.77. The zero-order valence-electron chi connectivity index (χ0n) is 21.4. The van der Waals surface area contributed by atoms with Gasteiger partial charge in [0.2, 0.25) is 21.8 Å². The highest BCUT2D eigenvalue weighted by molar-refractivity contribution is 7.92. The van der Waals surface area contributed by atoms with Crippen molar-refractivity contribution in [2.75, 3.05) is 30.3 Å². The van der Waals surface area contributed by atoms with Crippen LogP contribution in [0.25, 0.3) is 0 Å². The maximum absolute atomic E-state index is 14.3. The van der Waals surface area contributed by atoms with Crippen molar-refractivity contribution in [2.45, 2.75) is 52.6 Å². The molecule has 0 saturated carbocycles. The van der Waals surface area contributed by atoms with Gasteiger partial charge in [0.25, 0.3) is 0 Å². The van der Waals surface area contributed by atoms with E-state index in [2.05, 4.69) is 5.32 Å². The Bertz CT molecular complexity index is 1130. The van der Waals surface area contributed by atoms with Gasteiger partial charge in [-0.3, -0.25) is 13.9 Å². The number of hydrogen-bond donors (Lipinski definition) is 1. The number of ether oxygens (including phenoxy) is 1. The van der Waals surface area contributed by atoms with Gasteiger partial charge in [0.05, 0.1) is 18.6 Å². The second-order valence-corrected chi connectivity index (χ2v) is 10.3. The average molecular weight is 522 g/mol. The summed E-state index contributed by atoms with van der Waals surface area (Å²) >= 11 is 0. The van der Waals surface area contributed by atoms with Gasteiger partial charge in [-0.15, -0.1) is 0 Å².